The highest BCUT2D eigenvalue weighted by molar-refractivity contribution is 7.90. The number of fused-ring (bicyclic) bond motifs is 1. The number of carbonyl (C=O) groups excluding carboxylic acids is 1. The summed E-state index contributed by atoms with van der Waals surface area (Å²) in [5, 5.41) is 2.99. The molecule has 0 saturated heterocycles. The second-order valence-corrected chi connectivity index (χ2v) is 9.59. The average molecular weight is 476 g/mol. The van der Waals surface area contributed by atoms with Crippen LogP contribution in [0.4, 0.5) is 15.0 Å². The third-order valence-corrected chi connectivity index (χ3v) is 6.90. The van der Waals surface area contributed by atoms with Crippen molar-refractivity contribution < 1.29 is 22.3 Å². The van der Waals surface area contributed by atoms with Crippen molar-refractivity contribution >= 4 is 33.3 Å². The highest BCUT2D eigenvalue weighted by Gasteiger charge is 2.26. The molecule has 0 atom stereocenters. The molecule has 4 rings (SSSR count). The van der Waals surface area contributed by atoms with Crippen LogP contribution in [0.1, 0.15) is 18.1 Å². The number of carbonyl (C=O) groups is 1. The lowest BCUT2D eigenvalue weighted by molar-refractivity contribution is 0.209. The topological polar surface area (TPSA) is 88.6 Å². The number of hydrogen-bond donors (Lipinski definition) is 1. The lowest BCUT2D eigenvalue weighted by Crippen LogP contribution is -2.38. The number of anilines is 1. The summed E-state index contributed by atoms with van der Waals surface area (Å²) >= 11 is 5.88. The highest BCUT2D eigenvalue weighted by Crippen LogP contribution is 2.34. The standard InChI is InChI=1S/C22H19ClFN3O4S/c1-2-27-12-17-19(8-9-25-21(17)26-22(27)28)31-20-7-6-14(10-18(20)24)13-32(29,30)16-5-3-4-15(23)11-16/h3-11H,2,12-13H2,1H3,(H,25,26,28). The average Bonchev–Trinajstić information content (AvgIpc) is 2.75. The second kappa shape index (κ2) is 8.76. The van der Waals surface area contributed by atoms with Gasteiger partial charge in [-0.05, 0) is 48.9 Å². The van der Waals surface area contributed by atoms with Gasteiger partial charge in [0.05, 0.1) is 22.8 Å². The van der Waals surface area contributed by atoms with Crippen molar-refractivity contribution in [2.24, 2.45) is 0 Å². The molecule has 2 aromatic carbocycles. The molecule has 0 spiro atoms. The van der Waals surface area contributed by atoms with Crippen LogP contribution in [-0.4, -0.2) is 30.9 Å². The van der Waals surface area contributed by atoms with Crippen LogP contribution in [0.15, 0.2) is 59.6 Å². The fourth-order valence-corrected chi connectivity index (χ4v) is 4.96. The van der Waals surface area contributed by atoms with Gasteiger partial charge in [0.25, 0.3) is 0 Å². The number of rotatable bonds is 6. The maximum atomic E-state index is 14.8. The Labute approximate surface area is 189 Å². The normalized spacial score (nSPS) is 13.5. The van der Waals surface area contributed by atoms with Crippen LogP contribution in [-0.2, 0) is 22.1 Å². The van der Waals surface area contributed by atoms with Gasteiger partial charge in [0.1, 0.15) is 11.6 Å². The second-order valence-electron chi connectivity index (χ2n) is 7.16. The molecular formula is C22H19ClFN3O4S. The van der Waals surface area contributed by atoms with Gasteiger partial charge in [-0.15, -0.1) is 0 Å². The predicted molar refractivity (Wildman–Crippen MR) is 118 cm³/mol. The van der Waals surface area contributed by atoms with E-state index in [4.69, 9.17) is 16.3 Å². The summed E-state index contributed by atoms with van der Waals surface area (Å²) in [7, 11) is -3.70. The van der Waals surface area contributed by atoms with Crippen molar-refractivity contribution in [2.45, 2.75) is 24.1 Å². The first-order chi connectivity index (χ1) is 15.3. The SMILES string of the molecule is CCN1Cc2c(Oc3ccc(CS(=O)(=O)c4cccc(Cl)c4)cc3F)ccnc2NC1=O. The van der Waals surface area contributed by atoms with E-state index in [-0.39, 0.29) is 34.5 Å². The number of pyridine rings is 1. The summed E-state index contributed by atoms with van der Waals surface area (Å²) in [4.78, 5) is 17.8. The van der Waals surface area contributed by atoms with Crippen molar-refractivity contribution in [3.8, 4) is 11.5 Å². The van der Waals surface area contributed by atoms with Crippen LogP contribution >= 0.6 is 11.6 Å². The van der Waals surface area contributed by atoms with Crippen LogP contribution in [0, 0.1) is 5.82 Å². The molecule has 10 heteroatoms. The molecule has 3 aromatic rings. The Morgan fingerprint density at radius 1 is 1.19 bits per heavy atom. The summed E-state index contributed by atoms with van der Waals surface area (Å²) in [5.74, 6) is -0.440. The Kier molecular flexibility index (Phi) is 6.03. The maximum Gasteiger partial charge on any atom is 0.323 e. The minimum absolute atomic E-state index is 0.0664. The molecule has 1 aliphatic rings. The van der Waals surface area contributed by atoms with Gasteiger partial charge in [0.15, 0.2) is 21.4 Å². The summed E-state index contributed by atoms with van der Waals surface area (Å²) in [6.07, 6.45) is 1.46. The third kappa shape index (κ3) is 4.53. The number of nitrogens with one attached hydrogen (secondary N) is 1. The van der Waals surface area contributed by atoms with Crippen molar-refractivity contribution in [1.29, 1.82) is 0 Å². The van der Waals surface area contributed by atoms with Gasteiger partial charge in [-0.2, -0.15) is 0 Å². The van der Waals surface area contributed by atoms with Gasteiger partial charge in [-0.3, -0.25) is 5.32 Å². The van der Waals surface area contributed by atoms with E-state index in [2.05, 4.69) is 10.3 Å². The minimum atomic E-state index is -3.70. The van der Waals surface area contributed by atoms with Crippen LogP contribution in [0.25, 0.3) is 0 Å². The van der Waals surface area contributed by atoms with Gasteiger partial charge >= 0.3 is 6.03 Å². The van der Waals surface area contributed by atoms with Crippen LogP contribution in [0.5, 0.6) is 11.5 Å². The molecular weight excluding hydrogens is 457 g/mol. The van der Waals surface area contributed by atoms with Crippen LogP contribution < -0.4 is 10.1 Å². The molecule has 2 heterocycles. The van der Waals surface area contributed by atoms with E-state index in [0.717, 1.165) is 6.07 Å². The van der Waals surface area contributed by atoms with E-state index >= 15 is 0 Å². The fourth-order valence-electron chi connectivity index (χ4n) is 3.33. The highest BCUT2D eigenvalue weighted by atomic mass is 35.5. The molecule has 0 saturated carbocycles. The Hall–Kier alpha value is -3.17. The van der Waals surface area contributed by atoms with E-state index in [0.29, 0.717) is 28.7 Å². The molecule has 7 nitrogen and oxygen atoms in total. The number of nitrogens with zero attached hydrogens (tertiary/aromatic N) is 2. The van der Waals surface area contributed by atoms with Crippen molar-refractivity contribution in [3.05, 3.63) is 76.7 Å². The summed E-state index contributed by atoms with van der Waals surface area (Å²) in [6.45, 7) is 2.61. The van der Waals surface area contributed by atoms with Gasteiger partial charge in [0.2, 0.25) is 0 Å². The molecule has 32 heavy (non-hydrogen) atoms. The molecule has 2 amide bonds. The molecule has 1 N–H and O–H groups in total. The lowest BCUT2D eigenvalue weighted by Gasteiger charge is -2.28. The Morgan fingerprint density at radius 3 is 2.72 bits per heavy atom. The minimum Gasteiger partial charge on any atom is -0.454 e. The van der Waals surface area contributed by atoms with E-state index in [1.165, 1.54) is 30.5 Å². The first kappa shape index (κ1) is 22.0. The van der Waals surface area contributed by atoms with Crippen molar-refractivity contribution in [2.75, 3.05) is 11.9 Å². The zero-order chi connectivity index (χ0) is 22.9. The maximum absolute atomic E-state index is 14.8. The van der Waals surface area contributed by atoms with Crippen molar-refractivity contribution in [3.63, 3.8) is 0 Å². The van der Waals surface area contributed by atoms with Crippen molar-refractivity contribution in [1.82, 2.24) is 9.88 Å². The van der Waals surface area contributed by atoms with Crippen LogP contribution in [0.3, 0.4) is 0 Å². The molecule has 0 bridgehead atoms. The van der Waals surface area contributed by atoms with Gasteiger partial charge < -0.3 is 9.64 Å². The molecule has 166 valence electrons. The van der Waals surface area contributed by atoms with Gasteiger partial charge in [-0.1, -0.05) is 23.7 Å². The molecule has 1 aliphatic heterocycles. The summed E-state index contributed by atoms with van der Waals surface area (Å²) < 4.78 is 45.8. The first-order valence-electron chi connectivity index (χ1n) is 9.75. The molecule has 0 fully saturated rings. The number of amides is 2. The van der Waals surface area contributed by atoms with Gasteiger partial charge in [0, 0.05) is 17.8 Å². The third-order valence-electron chi connectivity index (χ3n) is 4.98. The lowest BCUT2D eigenvalue weighted by atomic mass is 10.2. The van der Waals surface area contributed by atoms with Gasteiger partial charge in [-0.25, -0.2) is 22.6 Å². The first-order valence-corrected chi connectivity index (χ1v) is 11.8. The number of sulfone groups is 1. The zero-order valence-electron chi connectivity index (χ0n) is 17.0. The number of hydrogen-bond acceptors (Lipinski definition) is 5. The Morgan fingerprint density at radius 2 is 2.00 bits per heavy atom. The zero-order valence-corrected chi connectivity index (χ0v) is 18.6. The number of aromatic nitrogens is 1. The number of urea groups is 1. The number of ether oxygens (including phenoxy) is 1. The largest absolute Gasteiger partial charge is 0.454 e. The molecule has 0 radical (unpaired) electrons. The molecule has 0 unspecified atom stereocenters. The Balaban J connectivity index is 1.57. The predicted octanol–water partition coefficient (Wildman–Crippen LogP) is 5.01. The smallest absolute Gasteiger partial charge is 0.323 e. The van der Waals surface area contributed by atoms with E-state index < -0.39 is 15.7 Å². The number of benzene rings is 2. The Bertz CT molecular complexity index is 1300. The number of halogens is 2. The monoisotopic (exact) mass is 475 g/mol. The molecule has 0 aliphatic carbocycles. The van der Waals surface area contributed by atoms with Crippen LogP contribution in [0.2, 0.25) is 5.02 Å². The summed E-state index contributed by atoms with van der Waals surface area (Å²) in [5.41, 5.74) is 0.900. The molecule has 1 aromatic heterocycles. The quantitative estimate of drug-likeness (QED) is 0.541. The summed E-state index contributed by atoms with van der Waals surface area (Å²) in [6, 6.07) is 11.3. The van der Waals surface area contributed by atoms with E-state index in [1.54, 1.807) is 23.1 Å². The fraction of sp³-hybridized carbons (Fsp3) is 0.182. The van der Waals surface area contributed by atoms with E-state index in [9.17, 15) is 17.6 Å². The van der Waals surface area contributed by atoms with E-state index in [1.807, 2.05) is 6.92 Å².